The fraction of sp³-hybridized carbons (Fsp3) is 0. The highest BCUT2D eigenvalue weighted by molar-refractivity contribution is 9.10. The van der Waals surface area contributed by atoms with Crippen molar-refractivity contribution in [1.29, 1.82) is 0 Å². The Morgan fingerprint density at radius 2 is 1.52 bits per heavy atom. The Morgan fingerprint density at radius 1 is 0.852 bits per heavy atom. The second-order valence-electron chi connectivity index (χ2n) is 5.43. The van der Waals surface area contributed by atoms with Crippen LogP contribution in [0.1, 0.15) is 0 Å². The van der Waals surface area contributed by atoms with Crippen molar-refractivity contribution in [2.75, 3.05) is 15.4 Å². The summed E-state index contributed by atoms with van der Waals surface area (Å²) in [6, 6.07) is 15.9. The van der Waals surface area contributed by atoms with Gasteiger partial charge in [0.2, 0.25) is 0 Å². The van der Waals surface area contributed by atoms with Crippen LogP contribution >= 0.6 is 15.9 Å². The highest BCUT2D eigenvalue weighted by Gasteiger charge is 2.17. The Balaban J connectivity index is 1.65. The standard InChI is InChI=1S/C18H15BrN4O3S/c19-16-5-1-2-6-17(16)27(25,26)23-14-9-7-13(8-10-14)21-18(24)22-15-4-3-11-20-12-15/h1-12,23H,(H2,21,22,24). The van der Waals surface area contributed by atoms with Crippen molar-refractivity contribution in [3.63, 3.8) is 0 Å². The molecule has 0 spiro atoms. The molecule has 0 unspecified atom stereocenters. The minimum Gasteiger partial charge on any atom is -0.308 e. The number of hydrogen-bond donors (Lipinski definition) is 3. The predicted octanol–water partition coefficient (Wildman–Crippen LogP) is 4.29. The van der Waals surface area contributed by atoms with E-state index in [2.05, 4.69) is 36.3 Å². The number of anilines is 3. The number of rotatable bonds is 5. The van der Waals surface area contributed by atoms with E-state index in [-0.39, 0.29) is 4.90 Å². The van der Waals surface area contributed by atoms with E-state index in [0.717, 1.165) is 0 Å². The van der Waals surface area contributed by atoms with E-state index < -0.39 is 16.1 Å². The molecule has 0 fully saturated rings. The number of sulfonamides is 1. The van der Waals surface area contributed by atoms with Crippen LogP contribution in [-0.2, 0) is 10.0 Å². The van der Waals surface area contributed by atoms with Crippen molar-refractivity contribution in [3.05, 3.63) is 77.5 Å². The number of carbonyl (C=O) groups is 1. The van der Waals surface area contributed by atoms with Crippen LogP contribution in [-0.4, -0.2) is 19.4 Å². The summed E-state index contributed by atoms with van der Waals surface area (Å²) in [5.74, 6) is 0. The number of halogens is 1. The SMILES string of the molecule is O=C(Nc1ccc(NS(=O)(=O)c2ccccc2Br)cc1)Nc1cccnc1. The minimum atomic E-state index is -3.72. The van der Waals surface area contributed by atoms with Crippen molar-refractivity contribution in [2.45, 2.75) is 4.90 Å². The molecule has 2 amide bonds. The highest BCUT2D eigenvalue weighted by atomic mass is 79.9. The van der Waals surface area contributed by atoms with Gasteiger partial charge >= 0.3 is 6.03 Å². The second kappa shape index (κ2) is 8.19. The first kappa shape index (κ1) is 18.9. The minimum absolute atomic E-state index is 0.142. The first-order valence-corrected chi connectivity index (χ1v) is 10.1. The van der Waals surface area contributed by atoms with Gasteiger partial charge in [0.25, 0.3) is 10.0 Å². The molecule has 138 valence electrons. The molecular formula is C18H15BrN4O3S. The van der Waals surface area contributed by atoms with Gasteiger partial charge in [-0.05, 0) is 64.5 Å². The summed E-state index contributed by atoms with van der Waals surface area (Å²) >= 11 is 3.23. The van der Waals surface area contributed by atoms with Gasteiger partial charge in [0.1, 0.15) is 4.90 Å². The fourth-order valence-electron chi connectivity index (χ4n) is 2.22. The zero-order valence-electron chi connectivity index (χ0n) is 13.9. The molecule has 27 heavy (non-hydrogen) atoms. The van der Waals surface area contributed by atoms with Crippen molar-refractivity contribution >= 4 is 49.0 Å². The molecule has 1 aromatic heterocycles. The molecule has 0 aliphatic heterocycles. The van der Waals surface area contributed by atoms with Crippen LogP contribution in [0.2, 0.25) is 0 Å². The van der Waals surface area contributed by atoms with Gasteiger partial charge in [-0.3, -0.25) is 9.71 Å². The zero-order valence-corrected chi connectivity index (χ0v) is 16.3. The normalized spacial score (nSPS) is 10.9. The summed E-state index contributed by atoms with van der Waals surface area (Å²) in [6.45, 7) is 0. The lowest BCUT2D eigenvalue weighted by atomic mass is 10.3. The Hall–Kier alpha value is -2.91. The summed E-state index contributed by atoms with van der Waals surface area (Å²) in [5, 5.41) is 5.30. The molecule has 3 N–H and O–H groups in total. The van der Waals surface area contributed by atoms with Crippen LogP contribution in [0.4, 0.5) is 21.9 Å². The molecule has 0 aliphatic carbocycles. The Morgan fingerprint density at radius 3 is 2.19 bits per heavy atom. The highest BCUT2D eigenvalue weighted by Crippen LogP contribution is 2.24. The zero-order chi connectivity index (χ0) is 19.3. The molecule has 7 nitrogen and oxygen atoms in total. The molecule has 0 bridgehead atoms. The predicted molar refractivity (Wildman–Crippen MR) is 108 cm³/mol. The van der Waals surface area contributed by atoms with Crippen LogP contribution in [0, 0.1) is 0 Å². The first-order chi connectivity index (χ1) is 12.9. The molecule has 9 heteroatoms. The van der Waals surface area contributed by atoms with Gasteiger partial charge in [0.15, 0.2) is 0 Å². The van der Waals surface area contributed by atoms with Gasteiger partial charge in [0.05, 0.1) is 11.9 Å². The van der Waals surface area contributed by atoms with Crippen LogP contribution in [0.25, 0.3) is 0 Å². The lowest BCUT2D eigenvalue weighted by Crippen LogP contribution is -2.19. The van der Waals surface area contributed by atoms with Gasteiger partial charge in [0, 0.05) is 22.0 Å². The number of aromatic nitrogens is 1. The molecule has 0 saturated heterocycles. The Bertz CT molecular complexity index is 1040. The monoisotopic (exact) mass is 446 g/mol. The molecule has 3 aromatic rings. The quantitative estimate of drug-likeness (QED) is 0.543. The summed E-state index contributed by atoms with van der Waals surface area (Å²) < 4.78 is 27.9. The number of nitrogens with zero attached hydrogens (tertiary/aromatic N) is 1. The molecule has 2 aromatic carbocycles. The van der Waals surface area contributed by atoms with E-state index in [4.69, 9.17) is 0 Å². The van der Waals surface area contributed by atoms with Crippen molar-refractivity contribution in [1.82, 2.24) is 4.98 Å². The van der Waals surface area contributed by atoms with Crippen molar-refractivity contribution in [3.8, 4) is 0 Å². The maximum Gasteiger partial charge on any atom is 0.323 e. The maximum atomic E-state index is 12.5. The molecule has 0 saturated carbocycles. The van der Waals surface area contributed by atoms with E-state index in [1.165, 1.54) is 12.3 Å². The maximum absolute atomic E-state index is 12.5. The molecule has 0 radical (unpaired) electrons. The number of amides is 2. The number of hydrogen-bond acceptors (Lipinski definition) is 4. The number of carbonyl (C=O) groups excluding carboxylic acids is 1. The first-order valence-electron chi connectivity index (χ1n) is 7.79. The van der Waals surface area contributed by atoms with Crippen molar-refractivity contribution < 1.29 is 13.2 Å². The largest absolute Gasteiger partial charge is 0.323 e. The molecular weight excluding hydrogens is 432 g/mol. The van der Waals surface area contributed by atoms with Gasteiger partial charge in [-0.15, -0.1) is 0 Å². The average Bonchev–Trinajstić information content (AvgIpc) is 2.64. The number of pyridine rings is 1. The van der Waals surface area contributed by atoms with Gasteiger partial charge < -0.3 is 10.6 Å². The third kappa shape index (κ3) is 5.05. The molecule has 0 aliphatic rings. The molecule has 3 rings (SSSR count). The summed E-state index contributed by atoms with van der Waals surface area (Å²) in [6.07, 6.45) is 3.13. The van der Waals surface area contributed by atoms with Crippen LogP contribution in [0.5, 0.6) is 0 Å². The third-order valence-electron chi connectivity index (χ3n) is 3.44. The van der Waals surface area contributed by atoms with E-state index in [1.807, 2.05) is 0 Å². The lowest BCUT2D eigenvalue weighted by molar-refractivity contribution is 0.262. The van der Waals surface area contributed by atoms with E-state index in [9.17, 15) is 13.2 Å². The fourth-order valence-corrected chi connectivity index (χ4v) is 4.29. The molecule has 1 heterocycles. The van der Waals surface area contributed by atoms with Crippen molar-refractivity contribution in [2.24, 2.45) is 0 Å². The lowest BCUT2D eigenvalue weighted by Gasteiger charge is -2.11. The van der Waals surface area contributed by atoms with Crippen LogP contribution in [0.15, 0.2) is 82.4 Å². The number of nitrogens with one attached hydrogen (secondary N) is 3. The summed E-state index contributed by atoms with van der Waals surface area (Å²) in [4.78, 5) is 16.0. The van der Waals surface area contributed by atoms with Gasteiger partial charge in [-0.1, -0.05) is 12.1 Å². The smallest absolute Gasteiger partial charge is 0.308 e. The summed E-state index contributed by atoms with van der Waals surface area (Å²) in [5.41, 5.74) is 1.46. The van der Waals surface area contributed by atoms with E-state index >= 15 is 0 Å². The third-order valence-corrected chi connectivity index (χ3v) is 5.83. The number of benzene rings is 2. The summed E-state index contributed by atoms with van der Waals surface area (Å²) in [7, 11) is -3.72. The van der Waals surface area contributed by atoms with Gasteiger partial charge in [-0.25, -0.2) is 13.2 Å². The Kier molecular flexibility index (Phi) is 5.72. The van der Waals surface area contributed by atoms with E-state index in [0.29, 0.717) is 21.5 Å². The van der Waals surface area contributed by atoms with E-state index in [1.54, 1.807) is 60.8 Å². The average molecular weight is 447 g/mol. The van der Waals surface area contributed by atoms with Crippen LogP contribution < -0.4 is 15.4 Å². The number of urea groups is 1. The second-order valence-corrected chi connectivity index (χ2v) is 7.94. The van der Waals surface area contributed by atoms with Gasteiger partial charge in [-0.2, -0.15) is 0 Å². The molecule has 0 atom stereocenters. The van der Waals surface area contributed by atoms with Crippen LogP contribution in [0.3, 0.4) is 0 Å². The Labute approximate surface area is 165 Å². The topological polar surface area (TPSA) is 100 Å².